The molecule has 0 radical (unpaired) electrons. The summed E-state index contributed by atoms with van der Waals surface area (Å²) in [5.74, 6) is -0.164. The third-order valence-corrected chi connectivity index (χ3v) is 3.41. The summed E-state index contributed by atoms with van der Waals surface area (Å²) in [5, 5.41) is 3.34. The van der Waals surface area contributed by atoms with Crippen LogP contribution in [0.25, 0.3) is 0 Å². The van der Waals surface area contributed by atoms with Gasteiger partial charge in [-0.15, -0.1) is 0 Å². The Hall–Kier alpha value is -0.410. The normalized spacial score (nSPS) is 13.9. The highest BCUT2D eigenvalue weighted by molar-refractivity contribution is 9.10. The number of hydrogen-bond donors (Lipinski definition) is 1. The Labute approximate surface area is 106 Å². The Balaban J connectivity index is 2.62. The molecule has 0 saturated carbocycles. The number of hydrogen-bond acceptors (Lipinski definition) is 1. The molecular weight excluding hydrogens is 269 g/mol. The van der Waals surface area contributed by atoms with E-state index in [1.54, 1.807) is 0 Å². The van der Waals surface area contributed by atoms with E-state index >= 15 is 0 Å². The first kappa shape index (κ1) is 13.7. The lowest BCUT2D eigenvalue weighted by molar-refractivity contribution is 0.284. The van der Waals surface area contributed by atoms with Crippen LogP contribution in [0.1, 0.15) is 33.3 Å². The van der Waals surface area contributed by atoms with E-state index in [1.807, 2.05) is 12.1 Å². The minimum atomic E-state index is -0.164. The van der Waals surface area contributed by atoms with Crippen molar-refractivity contribution >= 4 is 15.9 Å². The fraction of sp³-hybridized carbons (Fsp3) is 0.538. The highest BCUT2D eigenvalue weighted by atomic mass is 79.9. The fourth-order valence-corrected chi connectivity index (χ4v) is 1.57. The van der Waals surface area contributed by atoms with Gasteiger partial charge in [-0.1, -0.05) is 42.8 Å². The summed E-state index contributed by atoms with van der Waals surface area (Å²) < 4.78 is 14.3. The van der Waals surface area contributed by atoms with Crippen LogP contribution in [0, 0.1) is 11.2 Å². The summed E-state index contributed by atoms with van der Waals surface area (Å²) in [7, 11) is 0. The van der Waals surface area contributed by atoms with Crippen molar-refractivity contribution < 1.29 is 4.39 Å². The van der Waals surface area contributed by atoms with E-state index in [9.17, 15) is 4.39 Å². The SMILES string of the molecule is CC(NCc1ccc(Br)cc1F)C(C)(C)C. The van der Waals surface area contributed by atoms with Crippen LogP contribution in [0.3, 0.4) is 0 Å². The van der Waals surface area contributed by atoms with Gasteiger partial charge in [-0.25, -0.2) is 4.39 Å². The van der Waals surface area contributed by atoms with Crippen LogP contribution in [-0.2, 0) is 6.54 Å². The molecular formula is C13H19BrFN. The summed E-state index contributed by atoms with van der Waals surface area (Å²) in [6.07, 6.45) is 0. The van der Waals surface area contributed by atoms with Gasteiger partial charge in [0.2, 0.25) is 0 Å². The van der Waals surface area contributed by atoms with Crippen LogP contribution in [0.4, 0.5) is 4.39 Å². The lowest BCUT2D eigenvalue weighted by Gasteiger charge is -2.28. The first-order valence-electron chi connectivity index (χ1n) is 5.48. The Bertz CT molecular complexity index is 357. The zero-order valence-corrected chi connectivity index (χ0v) is 11.9. The predicted molar refractivity (Wildman–Crippen MR) is 69.9 cm³/mol. The summed E-state index contributed by atoms with van der Waals surface area (Å²) >= 11 is 3.25. The smallest absolute Gasteiger partial charge is 0.128 e. The molecule has 0 aromatic heterocycles. The van der Waals surface area contributed by atoms with Crippen LogP contribution in [0.5, 0.6) is 0 Å². The third-order valence-electron chi connectivity index (χ3n) is 2.91. The van der Waals surface area contributed by atoms with Gasteiger partial charge in [-0.2, -0.15) is 0 Å². The van der Waals surface area contributed by atoms with Crippen molar-refractivity contribution in [3.8, 4) is 0 Å². The molecule has 0 amide bonds. The van der Waals surface area contributed by atoms with Gasteiger partial charge >= 0.3 is 0 Å². The second-order valence-corrected chi connectivity index (χ2v) is 6.12. The summed E-state index contributed by atoms with van der Waals surface area (Å²) in [4.78, 5) is 0. The molecule has 1 rings (SSSR count). The molecule has 0 saturated heterocycles. The van der Waals surface area contributed by atoms with Gasteiger partial charge < -0.3 is 5.32 Å². The molecule has 1 aromatic rings. The molecule has 1 unspecified atom stereocenters. The van der Waals surface area contributed by atoms with Crippen LogP contribution in [0.15, 0.2) is 22.7 Å². The van der Waals surface area contributed by atoms with Crippen LogP contribution >= 0.6 is 15.9 Å². The molecule has 90 valence electrons. The summed E-state index contributed by atoms with van der Waals surface area (Å²) in [5.41, 5.74) is 0.894. The molecule has 1 aromatic carbocycles. The van der Waals surface area contributed by atoms with Crippen LogP contribution in [0.2, 0.25) is 0 Å². The second kappa shape index (κ2) is 5.28. The Kier molecular flexibility index (Phi) is 4.51. The zero-order chi connectivity index (χ0) is 12.3. The molecule has 0 bridgehead atoms. The molecule has 0 aliphatic carbocycles. The van der Waals surface area contributed by atoms with Gasteiger partial charge in [0.25, 0.3) is 0 Å². The second-order valence-electron chi connectivity index (χ2n) is 5.20. The topological polar surface area (TPSA) is 12.0 Å². The molecule has 1 atom stereocenters. The minimum absolute atomic E-state index is 0.164. The quantitative estimate of drug-likeness (QED) is 0.882. The maximum Gasteiger partial charge on any atom is 0.128 e. The van der Waals surface area contributed by atoms with Crippen molar-refractivity contribution in [1.29, 1.82) is 0 Å². The molecule has 1 nitrogen and oxygen atoms in total. The van der Waals surface area contributed by atoms with E-state index in [0.29, 0.717) is 18.2 Å². The van der Waals surface area contributed by atoms with E-state index in [-0.39, 0.29) is 11.2 Å². The van der Waals surface area contributed by atoms with E-state index in [2.05, 4.69) is 48.9 Å². The molecule has 3 heteroatoms. The highest BCUT2D eigenvalue weighted by Crippen LogP contribution is 2.20. The van der Waals surface area contributed by atoms with Crippen molar-refractivity contribution in [3.05, 3.63) is 34.1 Å². The Morgan fingerprint density at radius 1 is 1.38 bits per heavy atom. The molecule has 0 spiro atoms. The predicted octanol–water partition coefficient (Wildman–Crippen LogP) is 4.11. The monoisotopic (exact) mass is 287 g/mol. The van der Waals surface area contributed by atoms with Gasteiger partial charge in [0.1, 0.15) is 5.82 Å². The van der Waals surface area contributed by atoms with Crippen molar-refractivity contribution in [3.63, 3.8) is 0 Å². The molecule has 0 aliphatic heterocycles. The Morgan fingerprint density at radius 3 is 2.50 bits per heavy atom. The van der Waals surface area contributed by atoms with E-state index in [0.717, 1.165) is 4.47 Å². The van der Waals surface area contributed by atoms with Crippen molar-refractivity contribution in [1.82, 2.24) is 5.32 Å². The van der Waals surface area contributed by atoms with Gasteiger partial charge in [0, 0.05) is 22.6 Å². The van der Waals surface area contributed by atoms with E-state index in [1.165, 1.54) is 6.07 Å². The van der Waals surface area contributed by atoms with Crippen molar-refractivity contribution in [2.24, 2.45) is 5.41 Å². The largest absolute Gasteiger partial charge is 0.310 e. The third kappa shape index (κ3) is 3.87. The van der Waals surface area contributed by atoms with Gasteiger partial charge in [-0.05, 0) is 24.5 Å². The standard InChI is InChI=1S/C13H19BrFN/c1-9(13(2,3)4)16-8-10-5-6-11(14)7-12(10)15/h5-7,9,16H,8H2,1-4H3. The molecule has 0 fully saturated rings. The van der Waals surface area contributed by atoms with Crippen LogP contribution in [-0.4, -0.2) is 6.04 Å². The first-order valence-corrected chi connectivity index (χ1v) is 6.27. The average Bonchev–Trinajstić information content (AvgIpc) is 2.14. The van der Waals surface area contributed by atoms with E-state index < -0.39 is 0 Å². The molecule has 1 N–H and O–H groups in total. The van der Waals surface area contributed by atoms with Gasteiger partial charge in [-0.3, -0.25) is 0 Å². The molecule has 0 aliphatic rings. The average molecular weight is 288 g/mol. The summed E-state index contributed by atoms with van der Waals surface area (Å²) in [6.45, 7) is 9.20. The number of rotatable bonds is 3. The maximum atomic E-state index is 13.5. The lowest BCUT2D eigenvalue weighted by Crippen LogP contribution is -2.37. The lowest BCUT2D eigenvalue weighted by atomic mass is 9.88. The highest BCUT2D eigenvalue weighted by Gasteiger charge is 2.19. The van der Waals surface area contributed by atoms with Crippen molar-refractivity contribution in [2.75, 3.05) is 0 Å². The van der Waals surface area contributed by atoms with E-state index in [4.69, 9.17) is 0 Å². The number of halogens is 2. The van der Waals surface area contributed by atoms with Gasteiger partial charge in [0.05, 0.1) is 0 Å². The first-order chi connectivity index (χ1) is 7.30. The van der Waals surface area contributed by atoms with Crippen LogP contribution < -0.4 is 5.32 Å². The number of nitrogens with one attached hydrogen (secondary N) is 1. The molecule has 16 heavy (non-hydrogen) atoms. The minimum Gasteiger partial charge on any atom is -0.310 e. The number of benzene rings is 1. The maximum absolute atomic E-state index is 13.5. The van der Waals surface area contributed by atoms with Gasteiger partial charge in [0.15, 0.2) is 0 Å². The molecule has 0 heterocycles. The Morgan fingerprint density at radius 2 is 2.00 bits per heavy atom. The fourth-order valence-electron chi connectivity index (χ4n) is 1.23. The zero-order valence-electron chi connectivity index (χ0n) is 10.3. The summed E-state index contributed by atoms with van der Waals surface area (Å²) in [6, 6.07) is 5.51. The van der Waals surface area contributed by atoms with Crippen molar-refractivity contribution in [2.45, 2.75) is 40.3 Å².